The minimum atomic E-state index is -3.83. The molecule has 1 N–H and O–H groups in total. The molecular formula is C26H27N3O4S. The van der Waals surface area contributed by atoms with Gasteiger partial charge in [0.15, 0.2) is 0 Å². The standard InChI is InChI=1S/C26H27N3O4S/c1-28(23-12-3-2-4-13-23)34(32,33)24-14-8-10-21(18-24)25(30)27-19-20-9-7-11-22(17-20)26(31)29-15-5-6-16-29/h2-4,7-14,17-18H,5-6,15-16,19H2,1H3,(H,27,30). The summed E-state index contributed by atoms with van der Waals surface area (Å²) in [5.41, 5.74) is 2.17. The fourth-order valence-electron chi connectivity index (χ4n) is 3.93. The highest BCUT2D eigenvalue weighted by Crippen LogP contribution is 2.22. The highest BCUT2D eigenvalue weighted by molar-refractivity contribution is 7.92. The van der Waals surface area contributed by atoms with Gasteiger partial charge < -0.3 is 10.2 Å². The van der Waals surface area contributed by atoms with Gasteiger partial charge in [0.25, 0.3) is 21.8 Å². The fourth-order valence-corrected chi connectivity index (χ4v) is 5.18. The molecular weight excluding hydrogens is 450 g/mol. The number of hydrogen-bond acceptors (Lipinski definition) is 4. The van der Waals surface area contributed by atoms with Crippen molar-refractivity contribution in [2.45, 2.75) is 24.3 Å². The van der Waals surface area contributed by atoms with E-state index in [1.165, 1.54) is 23.5 Å². The zero-order valence-electron chi connectivity index (χ0n) is 19.0. The summed E-state index contributed by atoms with van der Waals surface area (Å²) in [6, 6.07) is 21.9. The minimum absolute atomic E-state index is 0.00567. The van der Waals surface area contributed by atoms with Gasteiger partial charge in [-0.05, 0) is 60.9 Å². The third-order valence-electron chi connectivity index (χ3n) is 5.89. The topological polar surface area (TPSA) is 86.8 Å². The number of carbonyl (C=O) groups is 2. The summed E-state index contributed by atoms with van der Waals surface area (Å²) in [6.07, 6.45) is 2.05. The number of amides is 2. The highest BCUT2D eigenvalue weighted by Gasteiger charge is 2.23. The lowest BCUT2D eigenvalue weighted by molar-refractivity contribution is 0.0792. The first-order valence-corrected chi connectivity index (χ1v) is 12.6. The van der Waals surface area contributed by atoms with Crippen molar-refractivity contribution in [3.8, 4) is 0 Å². The lowest BCUT2D eigenvalue weighted by atomic mass is 10.1. The Bertz CT molecular complexity index is 1290. The molecule has 1 saturated heterocycles. The van der Waals surface area contributed by atoms with Gasteiger partial charge in [-0.15, -0.1) is 0 Å². The molecule has 0 bridgehead atoms. The molecule has 176 valence electrons. The summed E-state index contributed by atoms with van der Waals surface area (Å²) in [4.78, 5) is 27.3. The van der Waals surface area contributed by atoms with Crippen LogP contribution in [0, 0.1) is 0 Å². The number of para-hydroxylation sites is 1. The third-order valence-corrected chi connectivity index (χ3v) is 7.68. The van der Waals surface area contributed by atoms with Gasteiger partial charge in [-0.2, -0.15) is 0 Å². The van der Waals surface area contributed by atoms with Crippen LogP contribution in [0.3, 0.4) is 0 Å². The first-order valence-electron chi connectivity index (χ1n) is 11.2. The Morgan fingerprint density at radius 2 is 1.56 bits per heavy atom. The zero-order valence-corrected chi connectivity index (χ0v) is 19.8. The smallest absolute Gasteiger partial charge is 0.264 e. The van der Waals surface area contributed by atoms with Crippen molar-refractivity contribution in [1.29, 1.82) is 0 Å². The normalized spacial score (nSPS) is 13.5. The third kappa shape index (κ3) is 5.12. The fraction of sp³-hybridized carbons (Fsp3) is 0.231. The van der Waals surface area contributed by atoms with Gasteiger partial charge in [0.1, 0.15) is 0 Å². The number of rotatable bonds is 7. The average Bonchev–Trinajstić information content (AvgIpc) is 3.42. The lowest BCUT2D eigenvalue weighted by Crippen LogP contribution is -2.28. The van der Waals surface area contributed by atoms with Gasteiger partial charge >= 0.3 is 0 Å². The molecule has 1 fully saturated rings. The summed E-state index contributed by atoms with van der Waals surface area (Å²) >= 11 is 0. The van der Waals surface area contributed by atoms with Gasteiger partial charge in [-0.25, -0.2) is 8.42 Å². The van der Waals surface area contributed by atoms with Crippen LogP contribution in [0.15, 0.2) is 83.8 Å². The van der Waals surface area contributed by atoms with Crippen LogP contribution in [-0.4, -0.2) is 45.3 Å². The van der Waals surface area contributed by atoms with Gasteiger partial charge in [0.05, 0.1) is 10.6 Å². The molecule has 2 amide bonds. The molecule has 1 heterocycles. The molecule has 0 radical (unpaired) electrons. The number of nitrogens with one attached hydrogen (secondary N) is 1. The van der Waals surface area contributed by atoms with Crippen molar-refractivity contribution in [3.05, 3.63) is 95.6 Å². The summed E-state index contributed by atoms with van der Waals surface area (Å²) in [6.45, 7) is 1.78. The van der Waals surface area contributed by atoms with E-state index >= 15 is 0 Å². The predicted octanol–water partition coefficient (Wildman–Crippen LogP) is 3.68. The molecule has 0 spiro atoms. The van der Waals surface area contributed by atoms with Crippen LogP contribution >= 0.6 is 0 Å². The van der Waals surface area contributed by atoms with E-state index in [4.69, 9.17) is 0 Å². The van der Waals surface area contributed by atoms with Crippen molar-refractivity contribution >= 4 is 27.5 Å². The number of likely N-dealkylation sites (tertiary alicyclic amines) is 1. The minimum Gasteiger partial charge on any atom is -0.348 e. The van der Waals surface area contributed by atoms with Crippen LogP contribution < -0.4 is 9.62 Å². The number of carbonyl (C=O) groups excluding carboxylic acids is 2. The molecule has 0 aliphatic carbocycles. The molecule has 3 aromatic rings. The van der Waals surface area contributed by atoms with Gasteiger partial charge in [0.2, 0.25) is 0 Å². The number of anilines is 1. The summed E-state index contributed by atoms with van der Waals surface area (Å²) in [5, 5.41) is 2.82. The number of benzene rings is 3. The summed E-state index contributed by atoms with van der Waals surface area (Å²) in [5.74, 6) is -0.387. The molecule has 34 heavy (non-hydrogen) atoms. The Morgan fingerprint density at radius 3 is 2.29 bits per heavy atom. The second kappa shape index (κ2) is 10.1. The van der Waals surface area contributed by atoms with Crippen molar-refractivity contribution < 1.29 is 18.0 Å². The predicted molar refractivity (Wildman–Crippen MR) is 131 cm³/mol. The van der Waals surface area contributed by atoms with E-state index in [-0.39, 0.29) is 22.9 Å². The van der Waals surface area contributed by atoms with Crippen LogP contribution in [0.4, 0.5) is 5.69 Å². The second-order valence-electron chi connectivity index (χ2n) is 8.22. The average molecular weight is 478 g/mol. The van der Waals surface area contributed by atoms with Crippen LogP contribution in [0.25, 0.3) is 0 Å². The Hall–Kier alpha value is -3.65. The zero-order chi connectivity index (χ0) is 24.1. The van der Waals surface area contributed by atoms with E-state index in [2.05, 4.69) is 5.32 Å². The maximum Gasteiger partial charge on any atom is 0.264 e. The largest absolute Gasteiger partial charge is 0.348 e. The van der Waals surface area contributed by atoms with Crippen LogP contribution in [0.5, 0.6) is 0 Å². The molecule has 1 aliphatic rings. The van der Waals surface area contributed by atoms with E-state index in [9.17, 15) is 18.0 Å². The van der Waals surface area contributed by atoms with Crippen molar-refractivity contribution in [3.63, 3.8) is 0 Å². The molecule has 8 heteroatoms. The maximum absolute atomic E-state index is 13.1. The number of hydrogen-bond donors (Lipinski definition) is 1. The van der Waals surface area contributed by atoms with Crippen LogP contribution in [0.2, 0.25) is 0 Å². The quantitative estimate of drug-likeness (QED) is 0.563. The first-order chi connectivity index (χ1) is 16.4. The molecule has 0 aromatic heterocycles. The van der Waals surface area contributed by atoms with Crippen molar-refractivity contribution in [1.82, 2.24) is 10.2 Å². The maximum atomic E-state index is 13.1. The molecule has 7 nitrogen and oxygen atoms in total. The molecule has 0 unspecified atom stereocenters. The Kier molecular flexibility index (Phi) is 6.98. The Balaban J connectivity index is 1.45. The van der Waals surface area contributed by atoms with E-state index in [0.29, 0.717) is 11.3 Å². The second-order valence-corrected chi connectivity index (χ2v) is 10.2. The Morgan fingerprint density at radius 1 is 0.882 bits per heavy atom. The van der Waals surface area contributed by atoms with Crippen molar-refractivity contribution in [2.75, 3.05) is 24.4 Å². The van der Waals surface area contributed by atoms with E-state index in [1.54, 1.807) is 54.6 Å². The lowest BCUT2D eigenvalue weighted by Gasteiger charge is -2.19. The van der Waals surface area contributed by atoms with Gasteiger partial charge in [0, 0.05) is 37.8 Å². The van der Waals surface area contributed by atoms with E-state index < -0.39 is 15.9 Å². The number of nitrogens with zero attached hydrogens (tertiary/aromatic N) is 2. The van der Waals surface area contributed by atoms with Gasteiger partial charge in [-0.1, -0.05) is 36.4 Å². The Labute approximate surface area is 200 Å². The van der Waals surface area contributed by atoms with Crippen LogP contribution in [0.1, 0.15) is 39.1 Å². The monoisotopic (exact) mass is 477 g/mol. The van der Waals surface area contributed by atoms with Crippen molar-refractivity contribution in [2.24, 2.45) is 0 Å². The van der Waals surface area contributed by atoms with E-state index in [1.807, 2.05) is 17.0 Å². The molecule has 0 saturated carbocycles. The SMILES string of the molecule is CN(c1ccccc1)S(=O)(=O)c1cccc(C(=O)NCc2cccc(C(=O)N3CCCC3)c2)c1. The first kappa shape index (κ1) is 23.5. The van der Waals surface area contributed by atoms with Gasteiger partial charge in [-0.3, -0.25) is 13.9 Å². The molecule has 3 aromatic carbocycles. The molecule has 0 atom stereocenters. The summed E-state index contributed by atoms with van der Waals surface area (Å²) < 4.78 is 27.3. The number of sulfonamides is 1. The molecule has 1 aliphatic heterocycles. The molecule has 4 rings (SSSR count). The highest BCUT2D eigenvalue weighted by atomic mass is 32.2. The summed E-state index contributed by atoms with van der Waals surface area (Å²) in [7, 11) is -2.35. The van der Waals surface area contributed by atoms with Crippen LogP contribution in [-0.2, 0) is 16.6 Å². The van der Waals surface area contributed by atoms with E-state index in [0.717, 1.165) is 31.5 Å².